The summed E-state index contributed by atoms with van der Waals surface area (Å²) < 4.78 is 1.37. The highest BCUT2D eigenvalue weighted by Gasteiger charge is 2.47. The van der Waals surface area contributed by atoms with Crippen molar-refractivity contribution >= 4 is 16.7 Å². The number of nitrogens with zero attached hydrogens (tertiary/aromatic N) is 4. The van der Waals surface area contributed by atoms with Gasteiger partial charge in [0.1, 0.15) is 0 Å². The molecule has 1 aromatic heterocycles. The second-order valence-electron chi connectivity index (χ2n) is 9.81. The van der Waals surface area contributed by atoms with Crippen LogP contribution in [0.15, 0.2) is 29.1 Å². The molecule has 0 spiro atoms. The van der Waals surface area contributed by atoms with Crippen molar-refractivity contribution in [3.05, 3.63) is 40.3 Å². The van der Waals surface area contributed by atoms with Crippen LogP contribution < -0.4 is 5.56 Å². The number of aromatic nitrogens is 2. The number of hydrogen-bond acceptors (Lipinski definition) is 4. The predicted octanol–water partition coefficient (Wildman–Crippen LogP) is 2.98. The number of carbonyl (C=O) groups excluding carboxylic acids is 1. The van der Waals surface area contributed by atoms with Crippen molar-refractivity contribution in [1.29, 1.82) is 0 Å². The van der Waals surface area contributed by atoms with Crippen LogP contribution in [0.5, 0.6) is 0 Å². The van der Waals surface area contributed by atoms with Gasteiger partial charge < -0.3 is 4.90 Å². The average molecular weight is 423 g/mol. The van der Waals surface area contributed by atoms with Gasteiger partial charge in [-0.05, 0) is 50.1 Å². The van der Waals surface area contributed by atoms with Crippen molar-refractivity contribution in [2.24, 2.45) is 18.9 Å². The molecule has 0 unspecified atom stereocenters. The zero-order valence-electron chi connectivity index (χ0n) is 18.8. The van der Waals surface area contributed by atoms with E-state index in [1.54, 1.807) is 7.05 Å². The maximum atomic E-state index is 13.4. The van der Waals surface area contributed by atoms with E-state index in [0.717, 1.165) is 18.5 Å². The van der Waals surface area contributed by atoms with E-state index >= 15 is 0 Å². The first kappa shape index (κ1) is 20.7. The van der Waals surface area contributed by atoms with Crippen molar-refractivity contribution in [1.82, 2.24) is 19.6 Å². The topological polar surface area (TPSA) is 58.4 Å². The predicted molar refractivity (Wildman–Crippen MR) is 122 cm³/mol. The van der Waals surface area contributed by atoms with E-state index in [4.69, 9.17) is 0 Å². The van der Waals surface area contributed by atoms with Gasteiger partial charge in [-0.15, -0.1) is 0 Å². The molecule has 5 rings (SSSR count). The molecule has 2 bridgehead atoms. The lowest BCUT2D eigenvalue weighted by atomic mass is 9.71. The highest BCUT2D eigenvalue weighted by molar-refractivity contribution is 5.88. The summed E-state index contributed by atoms with van der Waals surface area (Å²) in [6, 6.07) is 8.79. The lowest BCUT2D eigenvalue weighted by Crippen LogP contribution is -2.64. The fourth-order valence-corrected chi connectivity index (χ4v) is 6.57. The van der Waals surface area contributed by atoms with Crippen LogP contribution in [0.2, 0.25) is 0 Å². The summed E-state index contributed by atoms with van der Waals surface area (Å²) in [6.07, 6.45) is 7.91. The summed E-state index contributed by atoms with van der Waals surface area (Å²) >= 11 is 0. The van der Waals surface area contributed by atoms with Crippen LogP contribution in [-0.4, -0.2) is 57.2 Å². The van der Waals surface area contributed by atoms with Crippen molar-refractivity contribution < 1.29 is 4.79 Å². The third-order valence-electron chi connectivity index (χ3n) is 7.91. The zero-order chi connectivity index (χ0) is 21.5. The van der Waals surface area contributed by atoms with E-state index < -0.39 is 0 Å². The quantitative estimate of drug-likeness (QED) is 0.760. The van der Waals surface area contributed by atoms with Gasteiger partial charge in [0, 0.05) is 37.6 Å². The number of fused-ring (bicyclic) bond motifs is 5. The minimum Gasteiger partial charge on any atom is -0.342 e. The molecule has 31 heavy (non-hydrogen) atoms. The van der Waals surface area contributed by atoms with Crippen LogP contribution in [0.4, 0.5) is 0 Å². The Bertz CT molecular complexity index is 1030. The summed E-state index contributed by atoms with van der Waals surface area (Å²) in [5.41, 5.74) is 0.599. The van der Waals surface area contributed by atoms with Crippen LogP contribution in [-0.2, 0) is 18.3 Å². The molecule has 3 saturated heterocycles. The summed E-state index contributed by atoms with van der Waals surface area (Å²) in [4.78, 5) is 30.8. The molecule has 166 valence electrons. The highest BCUT2D eigenvalue weighted by atomic mass is 16.2. The van der Waals surface area contributed by atoms with Gasteiger partial charge in [-0.1, -0.05) is 38.0 Å². The molecule has 6 heteroatoms. The highest BCUT2D eigenvalue weighted by Crippen LogP contribution is 2.42. The fraction of sp³-hybridized carbons (Fsp3) is 0.640. The Morgan fingerprint density at radius 2 is 1.90 bits per heavy atom. The Kier molecular flexibility index (Phi) is 5.59. The first-order chi connectivity index (χ1) is 15.1. The van der Waals surface area contributed by atoms with Gasteiger partial charge in [0.25, 0.3) is 5.56 Å². The van der Waals surface area contributed by atoms with Crippen LogP contribution in [0.3, 0.4) is 0 Å². The first-order valence-electron chi connectivity index (χ1n) is 12.0. The second-order valence-corrected chi connectivity index (χ2v) is 9.81. The van der Waals surface area contributed by atoms with E-state index in [-0.39, 0.29) is 17.9 Å². The Morgan fingerprint density at radius 3 is 2.71 bits per heavy atom. The Labute approximate surface area is 184 Å². The van der Waals surface area contributed by atoms with Gasteiger partial charge in [-0.25, -0.2) is 4.68 Å². The lowest BCUT2D eigenvalue weighted by molar-refractivity contribution is -0.140. The van der Waals surface area contributed by atoms with Crippen molar-refractivity contribution in [2.75, 3.05) is 19.6 Å². The van der Waals surface area contributed by atoms with Crippen LogP contribution >= 0.6 is 0 Å². The molecular formula is C25H34N4O2. The van der Waals surface area contributed by atoms with Crippen molar-refractivity contribution in [3.8, 4) is 0 Å². The number of carbonyl (C=O) groups is 1. The second kappa shape index (κ2) is 8.38. The average Bonchev–Trinajstić information content (AvgIpc) is 2.80. The number of rotatable bonds is 4. The maximum absolute atomic E-state index is 13.4. The van der Waals surface area contributed by atoms with Crippen molar-refractivity contribution in [2.45, 2.75) is 64.0 Å². The molecular weight excluding hydrogens is 388 g/mol. The summed E-state index contributed by atoms with van der Waals surface area (Å²) in [7, 11) is 1.67. The van der Waals surface area contributed by atoms with Gasteiger partial charge in [0.2, 0.25) is 5.91 Å². The Morgan fingerprint density at radius 1 is 1.13 bits per heavy atom. The van der Waals surface area contributed by atoms with Crippen LogP contribution in [0, 0.1) is 11.8 Å². The fourth-order valence-electron chi connectivity index (χ4n) is 6.57. The molecule has 2 aromatic rings. The normalized spacial score (nSPS) is 28.5. The van der Waals surface area contributed by atoms with E-state index in [1.165, 1.54) is 49.8 Å². The molecule has 3 aliphatic rings. The molecule has 0 aliphatic carbocycles. The van der Waals surface area contributed by atoms with Gasteiger partial charge in [-0.2, -0.15) is 5.10 Å². The summed E-state index contributed by atoms with van der Waals surface area (Å²) in [5.74, 6) is 1.34. The lowest BCUT2D eigenvalue weighted by Gasteiger charge is -2.57. The number of aryl methyl sites for hydroxylation is 1. The Hall–Kier alpha value is -2.21. The van der Waals surface area contributed by atoms with Gasteiger partial charge in [0.05, 0.1) is 17.5 Å². The van der Waals surface area contributed by atoms with E-state index in [0.29, 0.717) is 35.0 Å². The van der Waals surface area contributed by atoms with Crippen LogP contribution in [0.25, 0.3) is 10.8 Å². The van der Waals surface area contributed by atoms with E-state index in [1.807, 2.05) is 24.3 Å². The van der Waals surface area contributed by atoms with Gasteiger partial charge >= 0.3 is 0 Å². The number of piperidine rings is 3. The minimum atomic E-state index is -0.112. The smallest absolute Gasteiger partial charge is 0.274 e. The molecule has 4 heterocycles. The third-order valence-corrected chi connectivity index (χ3v) is 7.91. The molecule has 0 saturated carbocycles. The number of benzene rings is 1. The molecule has 1 amide bonds. The first-order valence-corrected chi connectivity index (χ1v) is 12.0. The number of amides is 1. The largest absolute Gasteiger partial charge is 0.342 e. The van der Waals surface area contributed by atoms with Crippen LogP contribution in [0.1, 0.15) is 51.1 Å². The molecule has 0 radical (unpaired) electrons. The maximum Gasteiger partial charge on any atom is 0.274 e. The van der Waals surface area contributed by atoms with E-state index in [9.17, 15) is 9.59 Å². The molecule has 3 fully saturated rings. The molecule has 6 nitrogen and oxygen atoms in total. The number of likely N-dealkylation sites (tertiary alicyclic amines) is 1. The summed E-state index contributed by atoms with van der Waals surface area (Å²) in [5, 5.41) is 5.91. The molecule has 0 N–H and O–H groups in total. The van der Waals surface area contributed by atoms with Gasteiger partial charge in [0.15, 0.2) is 0 Å². The summed E-state index contributed by atoms with van der Waals surface area (Å²) in [6.45, 7) is 5.27. The minimum absolute atomic E-state index is 0.112. The number of hydrogen-bond donors (Lipinski definition) is 0. The van der Waals surface area contributed by atoms with Crippen molar-refractivity contribution in [3.63, 3.8) is 0 Å². The molecule has 3 aliphatic heterocycles. The third kappa shape index (κ3) is 3.69. The molecule has 1 aromatic carbocycles. The molecule has 4 atom stereocenters. The Balaban J connectivity index is 1.39. The van der Waals surface area contributed by atoms with Gasteiger partial charge in [-0.3, -0.25) is 14.5 Å². The monoisotopic (exact) mass is 422 g/mol. The SMILES string of the molecule is CCC[C@H]1[C@H]2C[C@H](CN(C(=O)Cc3nn(C)c(=O)c4ccccc34)C2)[C@@H]2CCCCN21. The van der Waals surface area contributed by atoms with E-state index in [2.05, 4.69) is 21.8 Å². The standard InChI is InChI=1S/C25H34N4O2/c1-3-8-22-17-13-18(23-11-6-7-12-29(22)23)16-28(15-17)24(30)14-21-19-9-4-5-10-20(19)25(31)27(2)26-21/h4-5,9-10,17-18,22-23H,3,6-8,11-16H2,1-2H3/t17-,18+,22-,23-/m0/s1. The zero-order valence-corrected chi connectivity index (χ0v) is 18.8.